The zero-order chi connectivity index (χ0) is 21.1. The summed E-state index contributed by atoms with van der Waals surface area (Å²) in [6.45, 7) is 7.88. The molecule has 3 N–H and O–H groups in total. The number of Topliss-reactive ketones (excluding diaryl/α,β-unsaturated/α-hetero) is 1. The highest BCUT2D eigenvalue weighted by molar-refractivity contribution is 9.10. The minimum absolute atomic E-state index is 0. The van der Waals surface area contributed by atoms with Crippen LogP contribution in [0.3, 0.4) is 0 Å². The molecule has 1 aromatic heterocycles. The number of hydrogen-bond donors (Lipinski definition) is 2. The summed E-state index contributed by atoms with van der Waals surface area (Å²) in [5.41, 5.74) is 9.82. The molecule has 0 amide bonds. The number of ketones is 1. The van der Waals surface area contributed by atoms with Crippen molar-refractivity contribution in [3.63, 3.8) is 0 Å². The number of benzene rings is 2. The molecular weight excluding hydrogens is 448 g/mol. The fourth-order valence-corrected chi connectivity index (χ4v) is 3.20. The van der Waals surface area contributed by atoms with E-state index in [2.05, 4.69) is 52.1 Å². The highest BCUT2D eigenvalue weighted by Gasteiger charge is 2.10. The van der Waals surface area contributed by atoms with Gasteiger partial charge in [0.1, 0.15) is 0 Å². The van der Waals surface area contributed by atoms with E-state index in [4.69, 9.17) is 10.8 Å². The van der Waals surface area contributed by atoms with Crippen molar-refractivity contribution in [2.75, 3.05) is 12.3 Å². The van der Waals surface area contributed by atoms with Gasteiger partial charge in [-0.15, -0.1) is 11.3 Å². The molecule has 0 fully saturated rings. The molecule has 0 bridgehead atoms. The number of aliphatic hydroxyl groups excluding tert-OH is 1. The van der Waals surface area contributed by atoms with Gasteiger partial charge in [0.2, 0.25) is 0 Å². The van der Waals surface area contributed by atoms with Crippen molar-refractivity contribution < 1.29 is 9.90 Å². The van der Waals surface area contributed by atoms with Gasteiger partial charge in [0.15, 0.2) is 10.9 Å². The Balaban J connectivity index is 0.000000473. The average molecular weight is 479 g/mol. The number of aryl methyl sites for hydroxylation is 2. The van der Waals surface area contributed by atoms with Gasteiger partial charge in [-0.1, -0.05) is 83.5 Å². The van der Waals surface area contributed by atoms with Crippen LogP contribution in [0.4, 0.5) is 5.13 Å². The first-order chi connectivity index (χ1) is 13.3. The lowest BCUT2D eigenvalue weighted by Gasteiger charge is -2.00. The second kappa shape index (κ2) is 14.0. The van der Waals surface area contributed by atoms with Crippen molar-refractivity contribution in [3.05, 3.63) is 70.6 Å². The Hall–Kier alpha value is -2.02. The normalized spacial score (nSPS) is 10.4. The van der Waals surface area contributed by atoms with Crippen LogP contribution in [0.15, 0.2) is 54.6 Å². The smallest absolute Gasteiger partial charge is 0.180 e. The maximum atomic E-state index is 11.3. The Morgan fingerprint density at radius 1 is 1.14 bits per heavy atom. The molecule has 1 unspecified atom stereocenters. The van der Waals surface area contributed by atoms with E-state index in [-0.39, 0.29) is 24.6 Å². The predicted molar refractivity (Wildman–Crippen MR) is 130 cm³/mol. The van der Waals surface area contributed by atoms with Crippen LogP contribution in [0.2, 0.25) is 0 Å². The molecule has 6 heteroatoms. The number of aliphatic hydroxyl groups is 1. The zero-order valence-corrected chi connectivity index (χ0v) is 19.0. The summed E-state index contributed by atoms with van der Waals surface area (Å²) in [7, 11) is 0. The molecular formula is C23H31BrN2O2S. The summed E-state index contributed by atoms with van der Waals surface area (Å²) in [5, 5.41) is 8.21. The molecule has 0 aliphatic heterocycles. The summed E-state index contributed by atoms with van der Waals surface area (Å²) in [4.78, 5) is 16.7. The third-order valence-corrected chi connectivity index (χ3v) is 4.77. The van der Waals surface area contributed by atoms with E-state index in [0.29, 0.717) is 5.13 Å². The lowest BCUT2D eigenvalue weighted by atomic mass is 10.1. The van der Waals surface area contributed by atoms with Crippen LogP contribution in [0, 0.1) is 13.8 Å². The fourth-order valence-electron chi connectivity index (χ4n) is 2.23. The molecule has 1 heterocycles. The molecule has 0 radical (unpaired) electrons. The number of nitrogens with two attached hydrogens (primary N) is 1. The van der Waals surface area contributed by atoms with E-state index in [1.54, 1.807) is 6.92 Å². The maximum Gasteiger partial charge on any atom is 0.180 e. The Bertz CT molecular complexity index is 847. The van der Waals surface area contributed by atoms with Gasteiger partial charge in [-0.05, 0) is 27.7 Å². The first-order valence-corrected chi connectivity index (χ1v) is 10.7. The van der Waals surface area contributed by atoms with Gasteiger partial charge in [0.25, 0.3) is 0 Å². The van der Waals surface area contributed by atoms with Crippen LogP contribution in [-0.2, 0) is 0 Å². The van der Waals surface area contributed by atoms with Crippen molar-refractivity contribution in [2.24, 2.45) is 0 Å². The van der Waals surface area contributed by atoms with Crippen LogP contribution in [0.1, 0.15) is 42.1 Å². The third kappa shape index (κ3) is 9.35. The van der Waals surface area contributed by atoms with Crippen molar-refractivity contribution in [1.29, 1.82) is 0 Å². The van der Waals surface area contributed by atoms with Crippen LogP contribution in [0.25, 0.3) is 11.3 Å². The molecule has 158 valence electrons. The molecule has 1 atom stereocenters. The molecule has 29 heavy (non-hydrogen) atoms. The standard InChI is InChI=1S/C11H12N2S.C9H9BrO.C2H6O.CH4/c1-7-3-5-9(6-4-7)10-8(2)14-11(12)13-10;1-7(10)9(11)8-5-3-2-4-6-8;1-2-3;/h3-6H,1-2H3,(H2,12,13);2-7H,1H3;3H,2H2,1H3;1H4. The summed E-state index contributed by atoms with van der Waals surface area (Å²) < 4.78 is 0. The molecule has 3 aromatic rings. The Kier molecular flexibility index (Phi) is 13.1. The number of thiazole rings is 1. The van der Waals surface area contributed by atoms with E-state index in [0.717, 1.165) is 16.8 Å². The fraction of sp³-hybridized carbons (Fsp3) is 0.304. The second-order valence-electron chi connectivity index (χ2n) is 5.99. The van der Waals surface area contributed by atoms with Crippen LogP contribution in [0.5, 0.6) is 0 Å². The first-order valence-electron chi connectivity index (χ1n) is 8.94. The van der Waals surface area contributed by atoms with Gasteiger partial charge in [-0.25, -0.2) is 4.98 Å². The van der Waals surface area contributed by atoms with Crippen molar-refractivity contribution in [1.82, 2.24) is 4.98 Å². The molecule has 0 saturated carbocycles. The van der Waals surface area contributed by atoms with Crippen molar-refractivity contribution in [2.45, 2.75) is 39.9 Å². The average Bonchev–Trinajstić information content (AvgIpc) is 3.02. The number of nitrogen functional groups attached to an aromatic ring is 1. The molecule has 3 rings (SSSR count). The lowest BCUT2D eigenvalue weighted by molar-refractivity contribution is 0.0996. The number of anilines is 1. The van der Waals surface area contributed by atoms with E-state index >= 15 is 0 Å². The molecule has 0 aliphatic carbocycles. The zero-order valence-electron chi connectivity index (χ0n) is 16.6. The topological polar surface area (TPSA) is 76.2 Å². The number of hydrogen-bond acceptors (Lipinski definition) is 5. The Labute approximate surface area is 187 Å². The van der Waals surface area contributed by atoms with E-state index < -0.39 is 0 Å². The van der Waals surface area contributed by atoms with E-state index in [9.17, 15) is 4.79 Å². The predicted octanol–water partition coefficient (Wildman–Crippen LogP) is 6.30. The minimum atomic E-state index is -0.0927. The van der Waals surface area contributed by atoms with Gasteiger partial charge < -0.3 is 10.8 Å². The summed E-state index contributed by atoms with van der Waals surface area (Å²) in [5.74, 6) is 0.130. The number of halogens is 1. The number of rotatable bonds is 3. The van der Waals surface area contributed by atoms with Gasteiger partial charge in [-0.2, -0.15) is 0 Å². The number of aromatic nitrogens is 1. The van der Waals surface area contributed by atoms with E-state index in [1.807, 2.05) is 44.2 Å². The molecule has 0 aliphatic rings. The largest absolute Gasteiger partial charge is 0.397 e. The van der Waals surface area contributed by atoms with Crippen molar-refractivity contribution >= 4 is 38.2 Å². The molecule has 2 aromatic carbocycles. The van der Waals surface area contributed by atoms with Crippen molar-refractivity contribution in [3.8, 4) is 11.3 Å². The van der Waals surface area contributed by atoms with Gasteiger partial charge in [0, 0.05) is 22.6 Å². The van der Waals surface area contributed by atoms with Gasteiger partial charge in [-0.3, -0.25) is 4.79 Å². The number of alkyl halides is 1. The first kappa shape index (κ1) is 27.0. The molecule has 0 spiro atoms. The Morgan fingerprint density at radius 2 is 1.66 bits per heavy atom. The van der Waals surface area contributed by atoms with Crippen LogP contribution >= 0.6 is 27.3 Å². The maximum absolute atomic E-state index is 11.3. The third-order valence-electron chi connectivity index (χ3n) is 3.56. The number of carbonyl (C=O) groups is 1. The highest BCUT2D eigenvalue weighted by atomic mass is 79.9. The quantitative estimate of drug-likeness (QED) is 0.342. The van der Waals surface area contributed by atoms with Crippen LogP contribution in [-0.4, -0.2) is 27.3 Å². The lowest BCUT2D eigenvalue weighted by Crippen LogP contribution is -2.09. The van der Waals surface area contributed by atoms with E-state index in [1.165, 1.54) is 21.8 Å². The Morgan fingerprint density at radius 3 is 2.07 bits per heavy atom. The summed E-state index contributed by atoms with van der Waals surface area (Å²) in [6.07, 6.45) is 0. The molecule has 0 saturated heterocycles. The number of nitrogens with zero attached hydrogens (tertiary/aromatic N) is 1. The van der Waals surface area contributed by atoms with Gasteiger partial charge >= 0.3 is 0 Å². The summed E-state index contributed by atoms with van der Waals surface area (Å²) >= 11 is 4.76. The monoisotopic (exact) mass is 478 g/mol. The number of carbonyl (C=O) groups excluding carboxylic acids is 1. The second-order valence-corrected chi connectivity index (χ2v) is 8.59. The minimum Gasteiger partial charge on any atom is -0.397 e. The van der Waals surface area contributed by atoms with Crippen LogP contribution < -0.4 is 5.73 Å². The van der Waals surface area contributed by atoms with Gasteiger partial charge in [0.05, 0.1) is 10.5 Å². The SMILES string of the molecule is C.CC(Br)C(=O)c1ccccc1.CCO.Cc1ccc(-c2nc(N)sc2C)cc1. The molecule has 4 nitrogen and oxygen atoms in total. The highest BCUT2D eigenvalue weighted by Crippen LogP contribution is 2.28. The summed E-state index contributed by atoms with van der Waals surface area (Å²) in [6, 6.07) is 17.6.